The standard InChI is InChI=1S/C25H25N3O6S/c1-17-26-22-16-35(31,32)15-20(22)24(27-17)28-21(25(30)34-14-19-10-6-3-7-11-19)12-23(29)33-13-18-8-4-2-5-9-18/h2-11,21H,12-16H2,1H3,(H,26,27,28). The Balaban J connectivity index is 1.51. The van der Waals surface area contributed by atoms with Crippen LogP contribution in [0, 0.1) is 6.92 Å². The number of fused-ring (bicyclic) bond motifs is 1. The highest BCUT2D eigenvalue weighted by Gasteiger charge is 2.32. The van der Waals surface area contributed by atoms with Crippen LogP contribution in [0.3, 0.4) is 0 Å². The predicted octanol–water partition coefficient (Wildman–Crippen LogP) is 2.87. The minimum Gasteiger partial charge on any atom is -0.461 e. The Morgan fingerprint density at radius 3 is 2.14 bits per heavy atom. The van der Waals surface area contributed by atoms with E-state index in [2.05, 4.69) is 15.3 Å². The van der Waals surface area contributed by atoms with Crippen LogP contribution in [-0.2, 0) is 53.6 Å². The van der Waals surface area contributed by atoms with Gasteiger partial charge >= 0.3 is 11.9 Å². The number of aromatic nitrogens is 2. The number of aryl methyl sites for hydroxylation is 1. The Morgan fingerprint density at radius 1 is 0.914 bits per heavy atom. The number of hydrogen-bond donors (Lipinski definition) is 1. The van der Waals surface area contributed by atoms with E-state index in [1.54, 1.807) is 6.92 Å². The summed E-state index contributed by atoms with van der Waals surface area (Å²) in [6.45, 7) is 1.71. The van der Waals surface area contributed by atoms with Gasteiger partial charge in [0.15, 0.2) is 9.84 Å². The van der Waals surface area contributed by atoms with Crippen molar-refractivity contribution in [2.75, 3.05) is 5.32 Å². The number of nitrogens with zero attached hydrogens (tertiary/aromatic N) is 2. The number of sulfone groups is 1. The lowest BCUT2D eigenvalue weighted by molar-refractivity contribution is -0.152. The van der Waals surface area contributed by atoms with E-state index in [1.165, 1.54) is 0 Å². The van der Waals surface area contributed by atoms with Crippen molar-refractivity contribution in [3.63, 3.8) is 0 Å². The van der Waals surface area contributed by atoms with Gasteiger partial charge in [0.25, 0.3) is 0 Å². The van der Waals surface area contributed by atoms with Gasteiger partial charge in [-0.1, -0.05) is 60.7 Å². The Kier molecular flexibility index (Phi) is 7.40. The molecule has 4 rings (SSSR count). The van der Waals surface area contributed by atoms with Gasteiger partial charge in [-0.15, -0.1) is 0 Å². The second-order valence-corrected chi connectivity index (χ2v) is 10.3. The maximum absolute atomic E-state index is 13.0. The largest absolute Gasteiger partial charge is 0.461 e. The number of rotatable bonds is 9. The molecule has 0 saturated heterocycles. The molecule has 0 amide bonds. The third-order valence-electron chi connectivity index (χ3n) is 5.36. The number of ether oxygens (including phenoxy) is 2. The summed E-state index contributed by atoms with van der Waals surface area (Å²) in [5.41, 5.74) is 2.39. The molecule has 9 nitrogen and oxygen atoms in total. The summed E-state index contributed by atoms with van der Waals surface area (Å²) in [5.74, 6) is -1.18. The molecule has 2 heterocycles. The lowest BCUT2D eigenvalue weighted by atomic mass is 10.1. The number of carbonyl (C=O) groups is 2. The van der Waals surface area contributed by atoms with Crippen molar-refractivity contribution in [2.45, 2.75) is 44.1 Å². The molecule has 0 fully saturated rings. The van der Waals surface area contributed by atoms with E-state index in [1.807, 2.05) is 60.7 Å². The minimum atomic E-state index is -3.36. The summed E-state index contributed by atoms with van der Waals surface area (Å²) in [6, 6.07) is 17.2. The summed E-state index contributed by atoms with van der Waals surface area (Å²) in [7, 11) is -3.36. The third kappa shape index (κ3) is 6.63. The second kappa shape index (κ2) is 10.6. The van der Waals surface area contributed by atoms with Crippen molar-refractivity contribution in [3.05, 3.63) is 88.9 Å². The van der Waals surface area contributed by atoms with Gasteiger partial charge in [0, 0.05) is 5.56 Å². The lowest BCUT2D eigenvalue weighted by Gasteiger charge is -2.19. The van der Waals surface area contributed by atoms with E-state index in [-0.39, 0.29) is 37.0 Å². The number of anilines is 1. The summed E-state index contributed by atoms with van der Waals surface area (Å²) in [5, 5.41) is 2.93. The van der Waals surface area contributed by atoms with Crippen LogP contribution in [0.15, 0.2) is 60.7 Å². The van der Waals surface area contributed by atoms with Crippen molar-refractivity contribution < 1.29 is 27.5 Å². The fourth-order valence-electron chi connectivity index (χ4n) is 3.67. The maximum atomic E-state index is 13.0. The van der Waals surface area contributed by atoms with Crippen LogP contribution >= 0.6 is 0 Å². The van der Waals surface area contributed by atoms with Crippen LogP contribution in [0.2, 0.25) is 0 Å². The number of nitrogens with one attached hydrogen (secondary N) is 1. The molecule has 2 aromatic carbocycles. The number of carbonyl (C=O) groups excluding carboxylic acids is 2. The fourth-order valence-corrected chi connectivity index (χ4v) is 5.18. The first kappa shape index (κ1) is 24.3. The van der Waals surface area contributed by atoms with Crippen molar-refractivity contribution >= 4 is 27.6 Å². The van der Waals surface area contributed by atoms with Crippen LogP contribution < -0.4 is 5.32 Å². The number of esters is 2. The molecule has 1 N–H and O–H groups in total. The number of benzene rings is 2. The molecular weight excluding hydrogens is 470 g/mol. The molecule has 182 valence electrons. The second-order valence-electron chi connectivity index (χ2n) is 8.22. The van der Waals surface area contributed by atoms with Crippen LogP contribution in [0.4, 0.5) is 5.82 Å². The Hall–Kier alpha value is -3.79. The third-order valence-corrected chi connectivity index (χ3v) is 6.80. The molecule has 1 aliphatic rings. The monoisotopic (exact) mass is 495 g/mol. The summed E-state index contributed by atoms with van der Waals surface area (Å²) in [4.78, 5) is 34.1. The summed E-state index contributed by atoms with van der Waals surface area (Å²) in [6.07, 6.45) is -0.328. The molecule has 0 aliphatic carbocycles. The zero-order valence-electron chi connectivity index (χ0n) is 19.1. The van der Waals surface area contributed by atoms with Crippen LogP contribution in [0.1, 0.15) is 34.6 Å². The van der Waals surface area contributed by atoms with Gasteiger partial charge in [-0.05, 0) is 18.1 Å². The van der Waals surface area contributed by atoms with Gasteiger partial charge in [0.05, 0.1) is 23.6 Å². The van der Waals surface area contributed by atoms with Crippen molar-refractivity contribution in [1.29, 1.82) is 0 Å². The van der Waals surface area contributed by atoms with Gasteiger partial charge in [0.1, 0.15) is 30.9 Å². The number of hydrogen-bond acceptors (Lipinski definition) is 9. The first-order valence-corrected chi connectivity index (χ1v) is 12.8. The maximum Gasteiger partial charge on any atom is 0.329 e. The predicted molar refractivity (Wildman–Crippen MR) is 128 cm³/mol. The zero-order chi connectivity index (χ0) is 24.8. The van der Waals surface area contributed by atoms with Gasteiger partial charge < -0.3 is 14.8 Å². The molecule has 35 heavy (non-hydrogen) atoms. The van der Waals surface area contributed by atoms with Crippen molar-refractivity contribution in [3.8, 4) is 0 Å². The molecule has 0 radical (unpaired) electrons. The van der Waals surface area contributed by atoms with E-state index in [0.717, 1.165) is 11.1 Å². The minimum absolute atomic E-state index is 0.0200. The van der Waals surface area contributed by atoms with E-state index in [9.17, 15) is 18.0 Å². The smallest absolute Gasteiger partial charge is 0.329 e. The molecule has 10 heteroatoms. The highest BCUT2D eigenvalue weighted by Crippen LogP contribution is 2.29. The molecule has 1 aromatic heterocycles. The fraction of sp³-hybridized carbons (Fsp3) is 0.280. The highest BCUT2D eigenvalue weighted by atomic mass is 32.2. The van der Waals surface area contributed by atoms with Crippen LogP contribution in [-0.4, -0.2) is 36.4 Å². The molecule has 0 spiro atoms. The summed E-state index contributed by atoms with van der Waals surface area (Å²) < 4.78 is 35.1. The van der Waals surface area contributed by atoms with E-state index >= 15 is 0 Å². The van der Waals surface area contributed by atoms with E-state index < -0.39 is 27.8 Å². The van der Waals surface area contributed by atoms with Crippen LogP contribution in [0.5, 0.6) is 0 Å². The SMILES string of the molecule is Cc1nc2c(c(NC(CC(=O)OCc3ccccc3)C(=O)OCc3ccccc3)n1)CS(=O)(=O)C2. The first-order chi connectivity index (χ1) is 16.8. The zero-order valence-corrected chi connectivity index (χ0v) is 20.0. The van der Waals surface area contributed by atoms with Gasteiger partial charge in [-0.25, -0.2) is 23.2 Å². The highest BCUT2D eigenvalue weighted by molar-refractivity contribution is 7.90. The van der Waals surface area contributed by atoms with Gasteiger partial charge in [-0.2, -0.15) is 0 Å². The van der Waals surface area contributed by atoms with Gasteiger partial charge in [-0.3, -0.25) is 4.79 Å². The normalized spacial score (nSPS) is 14.5. The van der Waals surface area contributed by atoms with E-state index in [4.69, 9.17) is 9.47 Å². The Bertz CT molecular complexity index is 1310. The molecule has 1 atom stereocenters. The molecule has 0 saturated carbocycles. The average molecular weight is 496 g/mol. The first-order valence-electron chi connectivity index (χ1n) is 11.0. The molecule has 1 unspecified atom stereocenters. The molecular formula is C25H25N3O6S. The Labute approximate surface area is 203 Å². The average Bonchev–Trinajstić information content (AvgIpc) is 3.16. The van der Waals surface area contributed by atoms with Crippen LogP contribution in [0.25, 0.3) is 0 Å². The topological polar surface area (TPSA) is 125 Å². The lowest BCUT2D eigenvalue weighted by Crippen LogP contribution is -2.35. The van der Waals surface area contributed by atoms with Crippen molar-refractivity contribution in [2.24, 2.45) is 0 Å². The van der Waals surface area contributed by atoms with Crippen molar-refractivity contribution in [1.82, 2.24) is 9.97 Å². The molecule has 3 aromatic rings. The van der Waals surface area contributed by atoms with E-state index in [0.29, 0.717) is 17.1 Å². The molecule has 0 bridgehead atoms. The quantitative estimate of drug-likeness (QED) is 0.446. The summed E-state index contributed by atoms with van der Waals surface area (Å²) >= 11 is 0. The Morgan fingerprint density at radius 2 is 1.51 bits per heavy atom. The van der Waals surface area contributed by atoms with Gasteiger partial charge in [0.2, 0.25) is 0 Å². The molecule has 1 aliphatic heterocycles.